The topological polar surface area (TPSA) is 98.5 Å². The second-order valence-electron chi connectivity index (χ2n) is 6.29. The molecular weight excluding hydrogens is 352 g/mol. The van der Waals surface area contributed by atoms with E-state index in [9.17, 15) is 13.2 Å². The first-order chi connectivity index (χ1) is 12.3. The molecule has 0 radical (unpaired) electrons. The minimum absolute atomic E-state index is 0.0537. The van der Waals surface area contributed by atoms with Gasteiger partial charge in [0.25, 0.3) is 0 Å². The van der Waals surface area contributed by atoms with Crippen LogP contribution in [-0.4, -0.2) is 27.5 Å². The Morgan fingerprint density at radius 1 is 1.15 bits per heavy atom. The average Bonchev–Trinajstić information content (AvgIpc) is 2.54. The minimum atomic E-state index is -3.66. The van der Waals surface area contributed by atoms with Crippen molar-refractivity contribution in [1.82, 2.24) is 5.32 Å². The van der Waals surface area contributed by atoms with Crippen LogP contribution in [0.4, 0.5) is 0 Å². The van der Waals surface area contributed by atoms with Crippen LogP contribution < -0.4 is 15.2 Å². The highest BCUT2D eigenvalue weighted by molar-refractivity contribution is 7.88. The van der Waals surface area contributed by atoms with Crippen LogP contribution in [0.5, 0.6) is 5.75 Å². The summed E-state index contributed by atoms with van der Waals surface area (Å²) in [4.78, 5) is 12.1. The maximum Gasteiger partial charge on any atom is 0.224 e. The lowest BCUT2D eigenvalue weighted by Crippen LogP contribution is -2.35. The summed E-state index contributed by atoms with van der Waals surface area (Å²) in [7, 11) is -2.18. The minimum Gasteiger partial charge on any atom is -0.496 e. The maximum atomic E-state index is 12.1. The zero-order valence-electron chi connectivity index (χ0n) is 14.9. The number of hydrogen-bond acceptors (Lipinski definition) is 4. The van der Waals surface area contributed by atoms with Crippen molar-refractivity contribution in [2.24, 2.45) is 5.14 Å². The molecule has 0 aliphatic carbocycles. The maximum absolute atomic E-state index is 12.1. The van der Waals surface area contributed by atoms with Crippen molar-refractivity contribution in [3.63, 3.8) is 0 Å². The van der Waals surface area contributed by atoms with Crippen LogP contribution in [0.25, 0.3) is 0 Å². The van der Waals surface area contributed by atoms with Crippen molar-refractivity contribution in [3.05, 3.63) is 65.2 Å². The van der Waals surface area contributed by atoms with Gasteiger partial charge in [0, 0.05) is 11.6 Å². The average molecular weight is 376 g/mol. The molecule has 0 aliphatic rings. The molecule has 6 nitrogen and oxygen atoms in total. The van der Waals surface area contributed by atoms with E-state index < -0.39 is 10.0 Å². The van der Waals surface area contributed by atoms with E-state index in [1.807, 2.05) is 43.3 Å². The summed E-state index contributed by atoms with van der Waals surface area (Å²) in [5.41, 5.74) is 2.37. The van der Waals surface area contributed by atoms with Crippen molar-refractivity contribution in [2.75, 3.05) is 7.11 Å². The molecule has 1 atom stereocenters. The normalized spacial score (nSPS) is 12.4. The number of carbonyl (C=O) groups excluding carboxylic acids is 1. The van der Waals surface area contributed by atoms with E-state index in [1.165, 1.54) is 7.11 Å². The van der Waals surface area contributed by atoms with Gasteiger partial charge in [0.2, 0.25) is 15.9 Å². The van der Waals surface area contributed by atoms with Gasteiger partial charge in [0.05, 0.1) is 19.3 Å². The molecular formula is C19H24N2O4S. The van der Waals surface area contributed by atoms with Gasteiger partial charge in [0.15, 0.2) is 0 Å². The fraction of sp³-hybridized carbons (Fsp3) is 0.316. The van der Waals surface area contributed by atoms with Gasteiger partial charge in [-0.05, 0) is 30.5 Å². The lowest BCUT2D eigenvalue weighted by Gasteiger charge is -2.16. The zero-order chi connectivity index (χ0) is 19.2. The first-order valence-electron chi connectivity index (χ1n) is 8.26. The summed E-state index contributed by atoms with van der Waals surface area (Å²) in [6.07, 6.45) is 0.895. The van der Waals surface area contributed by atoms with Gasteiger partial charge in [-0.15, -0.1) is 0 Å². The molecule has 2 aromatic carbocycles. The van der Waals surface area contributed by atoms with E-state index in [0.29, 0.717) is 24.2 Å². The largest absolute Gasteiger partial charge is 0.496 e. The van der Waals surface area contributed by atoms with Gasteiger partial charge in [-0.1, -0.05) is 42.5 Å². The van der Waals surface area contributed by atoms with Crippen LogP contribution >= 0.6 is 0 Å². The number of rotatable bonds is 8. The number of amides is 1. The number of benzene rings is 2. The molecule has 1 amide bonds. The number of ether oxygens (including phenoxy) is 1. The Morgan fingerprint density at radius 3 is 2.46 bits per heavy atom. The lowest BCUT2D eigenvalue weighted by molar-refractivity contribution is -0.121. The molecule has 7 heteroatoms. The third-order valence-corrected chi connectivity index (χ3v) is 4.57. The number of carbonyl (C=O) groups is 1. The Bertz CT molecular complexity index is 851. The SMILES string of the molecule is COc1ccc(CC(C)NC(=O)Cc2ccccc2)cc1CS(N)(=O)=O. The Morgan fingerprint density at radius 2 is 1.85 bits per heavy atom. The van der Waals surface area contributed by atoms with Gasteiger partial charge < -0.3 is 10.1 Å². The van der Waals surface area contributed by atoms with Crippen LogP contribution in [0, 0.1) is 0 Å². The second kappa shape index (κ2) is 8.82. The molecule has 2 aromatic rings. The smallest absolute Gasteiger partial charge is 0.224 e. The fourth-order valence-corrected chi connectivity index (χ4v) is 3.46. The molecule has 0 fully saturated rings. The number of nitrogens with one attached hydrogen (secondary N) is 1. The van der Waals surface area contributed by atoms with Crippen LogP contribution in [-0.2, 0) is 33.4 Å². The van der Waals surface area contributed by atoms with Gasteiger partial charge in [-0.25, -0.2) is 13.6 Å². The van der Waals surface area contributed by atoms with Crippen molar-refractivity contribution < 1.29 is 17.9 Å². The number of sulfonamides is 1. The standard InChI is InChI=1S/C19H24N2O4S/c1-14(21-19(22)12-15-6-4-3-5-7-15)10-16-8-9-18(25-2)17(11-16)13-26(20,23)24/h3-9,11,14H,10,12-13H2,1-2H3,(H,21,22)(H2,20,23,24). The predicted octanol–water partition coefficient (Wildman–Crippen LogP) is 1.77. The predicted molar refractivity (Wildman–Crippen MR) is 101 cm³/mol. The first-order valence-corrected chi connectivity index (χ1v) is 9.98. The van der Waals surface area contributed by atoms with E-state index in [-0.39, 0.29) is 17.7 Å². The van der Waals surface area contributed by atoms with Crippen LogP contribution in [0.1, 0.15) is 23.6 Å². The molecule has 140 valence electrons. The summed E-state index contributed by atoms with van der Waals surface area (Å²) < 4.78 is 28.0. The highest BCUT2D eigenvalue weighted by Crippen LogP contribution is 2.22. The Hall–Kier alpha value is -2.38. The molecule has 0 heterocycles. The van der Waals surface area contributed by atoms with Crippen molar-refractivity contribution in [2.45, 2.75) is 31.6 Å². The van der Waals surface area contributed by atoms with E-state index in [1.54, 1.807) is 12.1 Å². The molecule has 0 saturated carbocycles. The van der Waals surface area contributed by atoms with Crippen LogP contribution in [0.2, 0.25) is 0 Å². The van der Waals surface area contributed by atoms with Crippen LogP contribution in [0.15, 0.2) is 48.5 Å². The van der Waals surface area contributed by atoms with Gasteiger partial charge in [-0.2, -0.15) is 0 Å². The first kappa shape index (κ1) is 19.9. The highest BCUT2D eigenvalue weighted by Gasteiger charge is 2.14. The van der Waals surface area contributed by atoms with Gasteiger partial charge in [-0.3, -0.25) is 4.79 Å². The van der Waals surface area contributed by atoms with E-state index >= 15 is 0 Å². The summed E-state index contributed by atoms with van der Waals surface area (Å²) in [6, 6.07) is 14.8. The number of primary sulfonamides is 1. The summed E-state index contributed by atoms with van der Waals surface area (Å²) in [6.45, 7) is 1.91. The Labute approximate surface area is 154 Å². The van der Waals surface area contributed by atoms with Gasteiger partial charge in [0.1, 0.15) is 5.75 Å². The van der Waals surface area contributed by atoms with Crippen molar-refractivity contribution >= 4 is 15.9 Å². The van der Waals surface area contributed by atoms with E-state index in [4.69, 9.17) is 9.88 Å². The second-order valence-corrected chi connectivity index (χ2v) is 7.90. The third-order valence-electron chi connectivity index (χ3n) is 3.86. The van der Waals surface area contributed by atoms with Crippen molar-refractivity contribution in [3.8, 4) is 5.75 Å². The van der Waals surface area contributed by atoms with E-state index in [0.717, 1.165) is 11.1 Å². The fourth-order valence-electron chi connectivity index (χ4n) is 2.80. The monoisotopic (exact) mass is 376 g/mol. The zero-order valence-corrected chi connectivity index (χ0v) is 15.8. The summed E-state index contributed by atoms with van der Waals surface area (Å²) >= 11 is 0. The number of nitrogens with two attached hydrogens (primary N) is 1. The highest BCUT2D eigenvalue weighted by atomic mass is 32.2. The molecule has 26 heavy (non-hydrogen) atoms. The molecule has 3 N–H and O–H groups in total. The number of methoxy groups -OCH3 is 1. The van der Waals surface area contributed by atoms with E-state index in [2.05, 4.69) is 5.32 Å². The molecule has 2 rings (SSSR count). The molecule has 0 spiro atoms. The quantitative estimate of drug-likeness (QED) is 0.733. The Balaban J connectivity index is 2.00. The summed E-state index contributed by atoms with van der Waals surface area (Å²) in [5, 5.41) is 8.10. The molecule has 0 aromatic heterocycles. The summed E-state index contributed by atoms with van der Waals surface area (Å²) in [5.74, 6) is 0.129. The Kier molecular flexibility index (Phi) is 6.76. The molecule has 0 saturated heterocycles. The third kappa shape index (κ3) is 6.50. The molecule has 0 bridgehead atoms. The number of hydrogen-bond donors (Lipinski definition) is 2. The van der Waals surface area contributed by atoms with Crippen molar-refractivity contribution in [1.29, 1.82) is 0 Å². The lowest BCUT2D eigenvalue weighted by atomic mass is 10.0. The molecule has 1 unspecified atom stereocenters. The van der Waals surface area contributed by atoms with Gasteiger partial charge >= 0.3 is 0 Å². The van der Waals surface area contributed by atoms with Crippen LogP contribution in [0.3, 0.4) is 0 Å². The molecule has 0 aliphatic heterocycles.